The molecule has 0 spiro atoms. The molecule has 1 N–H and O–H groups in total. The molecule has 1 aromatic rings. The third-order valence-electron chi connectivity index (χ3n) is 4.08. The lowest BCUT2D eigenvalue weighted by Crippen LogP contribution is -2.25. The molecule has 1 aromatic carbocycles. The van der Waals surface area contributed by atoms with Crippen molar-refractivity contribution in [2.75, 3.05) is 13.6 Å². The fourth-order valence-corrected chi connectivity index (χ4v) is 2.61. The van der Waals surface area contributed by atoms with Crippen LogP contribution in [0.25, 0.3) is 0 Å². The van der Waals surface area contributed by atoms with E-state index in [9.17, 15) is 0 Å². The van der Waals surface area contributed by atoms with Crippen LogP contribution >= 0.6 is 0 Å². The van der Waals surface area contributed by atoms with Gasteiger partial charge in [0.1, 0.15) is 0 Å². The van der Waals surface area contributed by atoms with Crippen LogP contribution in [0.3, 0.4) is 0 Å². The fraction of sp³-hybridized carbons (Fsp3) is 0.647. The Bertz CT molecular complexity index is 400. The zero-order valence-electron chi connectivity index (χ0n) is 12.8. The van der Waals surface area contributed by atoms with E-state index in [2.05, 4.69) is 62.3 Å². The summed E-state index contributed by atoms with van der Waals surface area (Å²) in [5.74, 6) is 1.88. The first-order chi connectivity index (χ1) is 9.06. The van der Waals surface area contributed by atoms with Crippen molar-refractivity contribution in [1.82, 2.24) is 10.2 Å². The summed E-state index contributed by atoms with van der Waals surface area (Å²) in [6.07, 6.45) is 1.42. The highest BCUT2D eigenvalue weighted by Gasteiger charge is 2.33. The van der Waals surface area contributed by atoms with E-state index in [4.69, 9.17) is 0 Å². The minimum Gasteiger partial charge on any atom is -0.310 e. The molecule has 2 heteroatoms. The minimum absolute atomic E-state index is 0.540. The third-order valence-corrected chi connectivity index (χ3v) is 4.08. The number of nitrogens with zero attached hydrogens (tertiary/aromatic N) is 1. The van der Waals surface area contributed by atoms with Gasteiger partial charge in [0.25, 0.3) is 0 Å². The van der Waals surface area contributed by atoms with Crippen molar-refractivity contribution in [3.8, 4) is 0 Å². The summed E-state index contributed by atoms with van der Waals surface area (Å²) in [6, 6.07) is 9.35. The van der Waals surface area contributed by atoms with Crippen LogP contribution < -0.4 is 5.32 Å². The Labute approximate surface area is 118 Å². The van der Waals surface area contributed by atoms with Crippen LogP contribution in [-0.2, 0) is 13.1 Å². The molecule has 0 aromatic heterocycles. The van der Waals surface area contributed by atoms with E-state index < -0.39 is 0 Å². The van der Waals surface area contributed by atoms with Gasteiger partial charge in [0.15, 0.2) is 0 Å². The zero-order chi connectivity index (χ0) is 13.8. The second-order valence-corrected chi connectivity index (χ2v) is 6.47. The second-order valence-electron chi connectivity index (χ2n) is 6.47. The molecule has 2 rings (SSSR count). The van der Waals surface area contributed by atoms with Crippen LogP contribution in [0.2, 0.25) is 0 Å². The molecule has 0 heterocycles. The number of benzene rings is 1. The monoisotopic (exact) mass is 260 g/mol. The lowest BCUT2D eigenvalue weighted by atomic mass is 10.1. The van der Waals surface area contributed by atoms with Crippen LogP contribution in [0.15, 0.2) is 24.3 Å². The van der Waals surface area contributed by atoms with Gasteiger partial charge < -0.3 is 10.2 Å². The Morgan fingerprint density at radius 3 is 2.47 bits per heavy atom. The zero-order valence-corrected chi connectivity index (χ0v) is 12.8. The first-order valence-corrected chi connectivity index (χ1v) is 7.55. The van der Waals surface area contributed by atoms with Gasteiger partial charge in [0.05, 0.1) is 0 Å². The Balaban J connectivity index is 1.90. The Kier molecular flexibility index (Phi) is 5.00. The van der Waals surface area contributed by atoms with Gasteiger partial charge in [-0.2, -0.15) is 0 Å². The fourth-order valence-electron chi connectivity index (χ4n) is 2.61. The van der Waals surface area contributed by atoms with E-state index in [-0.39, 0.29) is 0 Å². The quantitative estimate of drug-likeness (QED) is 0.809. The predicted octanol–water partition coefficient (Wildman–Crippen LogP) is 3.27. The largest absolute Gasteiger partial charge is 0.310 e. The van der Waals surface area contributed by atoms with Crippen molar-refractivity contribution in [2.24, 2.45) is 11.8 Å². The van der Waals surface area contributed by atoms with Gasteiger partial charge in [-0.25, -0.2) is 0 Å². The molecule has 2 nitrogen and oxygen atoms in total. The highest BCUT2D eigenvalue weighted by atomic mass is 15.1. The molecule has 1 aliphatic rings. The molecule has 19 heavy (non-hydrogen) atoms. The van der Waals surface area contributed by atoms with Crippen molar-refractivity contribution < 1.29 is 0 Å². The van der Waals surface area contributed by atoms with E-state index >= 15 is 0 Å². The average Bonchev–Trinajstić information content (AvgIpc) is 3.03. The molecule has 0 radical (unpaired) electrons. The topological polar surface area (TPSA) is 15.3 Å². The highest BCUT2D eigenvalue weighted by Crippen LogP contribution is 2.38. The molecule has 0 saturated heterocycles. The van der Waals surface area contributed by atoms with Gasteiger partial charge in [-0.05, 0) is 36.4 Å². The molecule has 1 aliphatic carbocycles. The summed E-state index contributed by atoms with van der Waals surface area (Å²) in [4.78, 5) is 2.47. The standard InChI is InChI=1S/C17H28N2/c1-13(2)18-10-15-7-5-6-8-16(15)11-19(4)12-17-9-14(17)3/h5-8,13-14,17-18H,9-12H2,1-4H3. The molecular weight excluding hydrogens is 232 g/mol. The smallest absolute Gasteiger partial charge is 0.0234 e. The van der Waals surface area contributed by atoms with Crippen molar-refractivity contribution >= 4 is 0 Å². The summed E-state index contributed by atoms with van der Waals surface area (Å²) < 4.78 is 0. The van der Waals surface area contributed by atoms with Crippen LogP contribution in [0.4, 0.5) is 0 Å². The summed E-state index contributed by atoms with van der Waals surface area (Å²) in [6.45, 7) is 10.0. The normalized spacial score (nSPS) is 22.2. The Hall–Kier alpha value is -0.860. The lowest BCUT2D eigenvalue weighted by molar-refractivity contribution is 0.306. The van der Waals surface area contributed by atoms with Crippen LogP contribution in [0, 0.1) is 11.8 Å². The molecule has 106 valence electrons. The Morgan fingerprint density at radius 2 is 1.89 bits per heavy atom. The van der Waals surface area contributed by atoms with Gasteiger partial charge in [0, 0.05) is 25.7 Å². The maximum Gasteiger partial charge on any atom is 0.0234 e. The number of hydrogen-bond donors (Lipinski definition) is 1. The van der Waals surface area contributed by atoms with Crippen LogP contribution in [0.1, 0.15) is 38.3 Å². The average molecular weight is 260 g/mol. The van der Waals surface area contributed by atoms with E-state index in [1.807, 2.05) is 0 Å². The lowest BCUT2D eigenvalue weighted by Gasteiger charge is -2.19. The van der Waals surface area contributed by atoms with Gasteiger partial charge in [-0.15, -0.1) is 0 Å². The van der Waals surface area contributed by atoms with Gasteiger partial charge in [-0.3, -0.25) is 0 Å². The molecule has 2 unspecified atom stereocenters. The highest BCUT2D eigenvalue weighted by molar-refractivity contribution is 5.27. The van der Waals surface area contributed by atoms with E-state index in [1.54, 1.807) is 0 Å². The maximum absolute atomic E-state index is 3.52. The summed E-state index contributed by atoms with van der Waals surface area (Å²) in [7, 11) is 2.25. The summed E-state index contributed by atoms with van der Waals surface area (Å²) >= 11 is 0. The summed E-state index contributed by atoms with van der Waals surface area (Å²) in [5.41, 5.74) is 2.90. The first kappa shape index (κ1) is 14.5. The Morgan fingerprint density at radius 1 is 1.26 bits per heavy atom. The molecule has 2 atom stereocenters. The first-order valence-electron chi connectivity index (χ1n) is 7.55. The predicted molar refractivity (Wildman–Crippen MR) is 82.0 cm³/mol. The van der Waals surface area contributed by atoms with Gasteiger partial charge in [0.2, 0.25) is 0 Å². The maximum atomic E-state index is 3.52. The second kappa shape index (κ2) is 6.53. The number of nitrogens with one attached hydrogen (secondary N) is 1. The SMILES string of the molecule is CC(C)NCc1ccccc1CN(C)CC1CC1C. The van der Waals surface area contributed by atoms with E-state index in [1.165, 1.54) is 24.1 Å². The molecule has 0 bridgehead atoms. The van der Waals surface area contributed by atoms with Crippen molar-refractivity contribution in [3.05, 3.63) is 35.4 Å². The van der Waals surface area contributed by atoms with Crippen molar-refractivity contribution in [3.63, 3.8) is 0 Å². The minimum atomic E-state index is 0.540. The van der Waals surface area contributed by atoms with Gasteiger partial charge >= 0.3 is 0 Å². The third kappa shape index (κ3) is 4.63. The summed E-state index contributed by atoms with van der Waals surface area (Å²) in [5, 5.41) is 3.52. The molecular formula is C17H28N2. The van der Waals surface area contributed by atoms with Crippen LogP contribution in [0.5, 0.6) is 0 Å². The molecule has 0 amide bonds. The molecule has 1 saturated carbocycles. The van der Waals surface area contributed by atoms with Crippen molar-refractivity contribution in [1.29, 1.82) is 0 Å². The number of hydrogen-bond acceptors (Lipinski definition) is 2. The molecule has 1 fully saturated rings. The van der Waals surface area contributed by atoms with Crippen LogP contribution in [-0.4, -0.2) is 24.5 Å². The number of rotatable bonds is 7. The van der Waals surface area contributed by atoms with Gasteiger partial charge in [-0.1, -0.05) is 45.0 Å². The van der Waals surface area contributed by atoms with E-state index in [0.29, 0.717) is 6.04 Å². The van der Waals surface area contributed by atoms with Crippen molar-refractivity contribution in [2.45, 2.75) is 46.3 Å². The van der Waals surface area contributed by atoms with E-state index in [0.717, 1.165) is 24.9 Å². The molecule has 0 aliphatic heterocycles.